The van der Waals surface area contributed by atoms with Crippen molar-refractivity contribution in [3.05, 3.63) is 22.8 Å². The molecule has 19 heavy (non-hydrogen) atoms. The minimum atomic E-state index is 0.0193. The van der Waals surface area contributed by atoms with Crippen LogP contribution >= 0.6 is 11.6 Å². The van der Waals surface area contributed by atoms with Gasteiger partial charge in [0.05, 0.1) is 10.6 Å². The van der Waals surface area contributed by atoms with Gasteiger partial charge in [-0.3, -0.25) is 4.79 Å². The van der Waals surface area contributed by atoms with Gasteiger partial charge >= 0.3 is 0 Å². The summed E-state index contributed by atoms with van der Waals surface area (Å²) in [6.45, 7) is 1.65. The predicted molar refractivity (Wildman–Crippen MR) is 77.8 cm³/mol. The van der Waals surface area contributed by atoms with Gasteiger partial charge in [0.25, 0.3) is 5.91 Å². The Labute approximate surface area is 119 Å². The lowest BCUT2D eigenvalue weighted by Gasteiger charge is -2.25. The number of carbonyl (C=O) groups is 1. The summed E-state index contributed by atoms with van der Waals surface area (Å²) in [6, 6.07) is 1.73. The molecule has 1 N–H and O–H groups in total. The molecule has 1 fully saturated rings. The molecule has 1 aromatic heterocycles. The summed E-state index contributed by atoms with van der Waals surface area (Å²) in [5, 5.41) is 3.36. The smallest absolute Gasteiger partial charge is 0.255 e. The molecule has 2 heterocycles. The lowest BCUT2D eigenvalue weighted by atomic mass is 10.1. The summed E-state index contributed by atoms with van der Waals surface area (Å²) in [6.07, 6.45) is 7.37. The molecule has 0 aromatic carbocycles. The maximum atomic E-state index is 12.5. The highest BCUT2D eigenvalue weighted by Gasteiger charge is 2.19. The van der Waals surface area contributed by atoms with Gasteiger partial charge in [0.2, 0.25) is 0 Å². The van der Waals surface area contributed by atoms with Crippen molar-refractivity contribution in [1.29, 1.82) is 0 Å². The summed E-state index contributed by atoms with van der Waals surface area (Å²) >= 11 is 6.10. The Balaban J connectivity index is 2.17. The zero-order chi connectivity index (χ0) is 13.7. The number of rotatable bonds is 2. The summed E-state index contributed by atoms with van der Waals surface area (Å²) in [4.78, 5) is 18.6. The second kappa shape index (κ2) is 6.75. The van der Waals surface area contributed by atoms with E-state index in [4.69, 9.17) is 11.6 Å². The second-order valence-electron chi connectivity index (χ2n) is 4.86. The summed E-state index contributed by atoms with van der Waals surface area (Å²) in [5.74, 6) is 0.686. The van der Waals surface area contributed by atoms with Gasteiger partial charge in [-0.05, 0) is 18.9 Å². The van der Waals surface area contributed by atoms with E-state index in [1.807, 2.05) is 4.90 Å². The van der Waals surface area contributed by atoms with Gasteiger partial charge in [-0.2, -0.15) is 0 Å². The Kier molecular flexibility index (Phi) is 5.02. The van der Waals surface area contributed by atoms with Gasteiger partial charge in [-0.25, -0.2) is 4.98 Å². The monoisotopic (exact) mass is 281 g/mol. The average Bonchev–Trinajstić information content (AvgIpc) is 2.38. The van der Waals surface area contributed by atoms with E-state index >= 15 is 0 Å². The molecule has 5 heteroatoms. The van der Waals surface area contributed by atoms with Crippen LogP contribution in [0.4, 0.5) is 5.82 Å². The highest BCUT2D eigenvalue weighted by atomic mass is 35.5. The van der Waals surface area contributed by atoms with Crippen LogP contribution in [0.15, 0.2) is 12.3 Å². The lowest BCUT2D eigenvalue weighted by Crippen LogP contribution is -2.34. The van der Waals surface area contributed by atoms with Gasteiger partial charge in [-0.1, -0.05) is 30.9 Å². The van der Waals surface area contributed by atoms with Crippen LogP contribution in [0.3, 0.4) is 0 Å². The van der Waals surface area contributed by atoms with E-state index < -0.39 is 0 Å². The molecule has 0 spiro atoms. The van der Waals surface area contributed by atoms with E-state index in [2.05, 4.69) is 10.3 Å². The summed E-state index contributed by atoms with van der Waals surface area (Å²) < 4.78 is 0. The maximum Gasteiger partial charge on any atom is 0.255 e. The molecule has 0 unspecified atom stereocenters. The normalized spacial score (nSPS) is 16.6. The highest BCUT2D eigenvalue weighted by Crippen LogP contribution is 2.21. The number of nitrogens with one attached hydrogen (secondary N) is 1. The Hall–Kier alpha value is -1.29. The summed E-state index contributed by atoms with van der Waals surface area (Å²) in [5.41, 5.74) is 0.543. The quantitative estimate of drug-likeness (QED) is 0.905. The van der Waals surface area contributed by atoms with Crippen molar-refractivity contribution in [2.24, 2.45) is 0 Å². The van der Waals surface area contributed by atoms with Crippen molar-refractivity contribution in [3.63, 3.8) is 0 Å². The Morgan fingerprint density at radius 3 is 2.53 bits per heavy atom. The number of anilines is 1. The van der Waals surface area contributed by atoms with E-state index in [0.717, 1.165) is 25.9 Å². The van der Waals surface area contributed by atoms with Crippen molar-refractivity contribution in [3.8, 4) is 0 Å². The zero-order valence-corrected chi connectivity index (χ0v) is 12.0. The van der Waals surface area contributed by atoms with E-state index in [1.54, 1.807) is 13.1 Å². The van der Waals surface area contributed by atoms with Crippen LogP contribution in [0.25, 0.3) is 0 Å². The van der Waals surface area contributed by atoms with E-state index in [-0.39, 0.29) is 5.91 Å². The molecule has 0 aliphatic carbocycles. The molecule has 104 valence electrons. The number of nitrogens with zero attached hydrogens (tertiary/aromatic N) is 2. The van der Waals surface area contributed by atoms with Crippen LogP contribution in [0.5, 0.6) is 0 Å². The van der Waals surface area contributed by atoms with Crippen LogP contribution in [0, 0.1) is 0 Å². The molecule has 1 saturated heterocycles. The fraction of sp³-hybridized carbons (Fsp3) is 0.571. The van der Waals surface area contributed by atoms with Gasteiger partial charge < -0.3 is 10.2 Å². The van der Waals surface area contributed by atoms with Crippen LogP contribution in [0.2, 0.25) is 5.02 Å². The first-order valence-corrected chi connectivity index (χ1v) is 7.22. The SMILES string of the molecule is CNc1cc(C(=O)N2CCCCCCC2)c(Cl)cn1. The van der Waals surface area contributed by atoms with Gasteiger partial charge in [-0.15, -0.1) is 0 Å². The molecule has 1 aromatic rings. The van der Waals surface area contributed by atoms with Crippen LogP contribution in [-0.2, 0) is 0 Å². The first-order chi connectivity index (χ1) is 9.22. The third kappa shape index (κ3) is 3.60. The predicted octanol–water partition coefficient (Wildman–Crippen LogP) is 3.18. The van der Waals surface area contributed by atoms with Gasteiger partial charge in [0, 0.05) is 26.3 Å². The van der Waals surface area contributed by atoms with Crippen LogP contribution in [-0.4, -0.2) is 35.9 Å². The van der Waals surface area contributed by atoms with E-state index in [1.165, 1.54) is 25.5 Å². The fourth-order valence-corrected chi connectivity index (χ4v) is 2.54. The van der Waals surface area contributed by atoms with Crippen molar-refractivity contribution in [2.45, 2.75) is 32.1 Å². The van der Waals surface area contributed by atoms with Crippen molar-refractivity contribution in [1.82, 2.24) is 9.88 Å². The molecule has 1 aliphatic heterocycles. The van der Waals surface area contributed by atoms with Crippen molar-refractivity contribution < 1.29 is 4.79 Å². The minimum absolute atomic E-state index is 0.0193. The first-order valence-electron chi connectivity index (χ1n) is 6.85. The molecular weight excluding hydrogens is 262 g/mol. The molecule has 0 atom stereocenters. The van der Waals surface area contributed by atoms with Crippen molar-refractivity contribution in [2.75, 3.05) is 25.5 Å². The number of likely N-dealkylation sites (tertiary alicyclic amines) is 1. The Bertz CT molecular complexity index is 442. The molecule has 1 amide bonds. The minimum Gasteiger partial charge on any atom is -0.373 e. The van der Waals surface area contributed by atoms with Crippen LogP contribution < -0.4 is 5.32 Å². The zero-order valence-electron chi connectivity index (χ0n) is 11.3. The maximum absolute atomic E-state index is 12.5. The third-order valence-corrected chi connectivity index (χ3v) is 3.79. The Morgan fingerprint density at radius 2 is 1.89 bits per heavy atom. The molecule has 0 saturated carbocycles. The van der Waals surface area contributed by atoms with Crippen molar-refractivity contribution >= 4 is 23.3 Å². The van der Waals surface area contributed by atoms with Crippen LogP contribution in [0.1, 0.15) is 42.5 Å². The fourth-order valence-electron chi connectivity index (χ4n) is 2.36. The van der Waals surface area contributed by atoms with Gasteiger partial charge in [0.15, 0.2) is 0 Å². The number of carbonyl (C=O) groups excluding carboxylic acids is 1. The Morgan fingerprint density at radius 1 is 1.26 bits per heavy atom. The molecule has 1 aliphatic rings. The second-order valence-corrected chi connectivity index (χ2v) is 5.27. The largest absolute Gasteiger partial charge is 0.373 e. The van der Waals surface area contributed by atoms with E-state index in [9.17, 15) is 4.79 Å². The topological polar surface area (TPSA) is 45.2 Å². The number of halogens is 1. The number of hydrogen-bond donors (Lipinski definition) is 1. The highest BCUT2D eigenvalue weighted by molar-refractivity contribution is 6.33. The third-order valence-electron chi connectivity index (χ3n) is 3.49. The first kappa shape index (κ1) is 14.1. The number of amides is 1. The molecule has 0 bridgehead atoms. The molecular formula is C14H20ClN3O. The number of pyridine rings is 1. The average molecular weight is 282 g/mol. The summed E-state index contributed by atoms with van der Waals surface area (Å²) in [7, 11) is 1.78. The number of hydrogen-bond acceptors (Lipinski definition) is 3. The molecule has 2 rings (SSSR count). The molecule has 0 radical (unpaired) electrons. The van der Waals surface area contributed by atoms with E-state index in [0.29, 0.717) is 16.4 Å². The lowest BCUT2D eigenvalue weighted by molar-refractivity contribution is 0.0742. The molecule has 4 nitrogen and oxygen atoms in total. The standard InChI is InChI=1S/C14H20ClN3O/c1-16-13-9-11(12(15)10-17-13)14(19)18-7-5-3-2-4-6-8-18/h9-10H,2-8H2,1H3,(H,16,17). The van der Waals surface area contributed by atoms with Gasteiger partial charge in [0.1, 0.15) is 5.82 Å². The number of aromatic nitrogens is 1.